The summed E-state index contributed by atoms with van der Waals surface area (Å²) in [6, 6.07) is 7.52. The molecule has 12 heavy (non-hydrogen) atoms. The summed E-state index contributed by atoms with van der Waals surface area (Å²) in [5, 5.41) is 0. The van der Waals surface area contributed by atoms with E-state index in [0.29, 0.717) is 0 Å². The van der Waals surface area contributed by atoms with E-state index >= 15 is 0 Å². The molecular weight excluding hydrogens is 144 g/mol. The Kier molecular flexibility index (Phi) is 2.27. The highest BCUT2D eigenvalue weighted by Gasteiger charge is 2.15. The molecule has 0 saturated heterocycles. The Morgan fingerprint density at radius 1 is 1.17 bits per heavy atom. The normalized spacial score (nSPS) is 11.8. The number of hydrogen-bond donors (Lipinski definition) is 0. The molecule has 0 spiro atoms. The van der Waals surface area contributed by atoms with E-state index in [0.717, 1.165) is 0 Å². The molecule has 0 fully saturated rings. The van der Waals surface area contributed by atoms with Crippen LogP contribution in [0, 0.1) is 19.9 Å². The van der Waals surface area contributed by atoms with Crippen molar-refractivity contribution in [2.75, 3.05) is 0 Å². The number of rotatable bonds is 0. The molecule has 0 heterocycles. The SMILES string of the molecule is Cc1[c]cc(C)c(C(C)(C)C)c1. The van der Waals surface area contributed by atoms with Gasteiger partial charge >= 0.3 is 0 Å². The fraction of sp³-hybridized carbons (Fsp3) is 0.500. The van der Waals surface area contributed by atoms with Crippen LogP contribution in [0.1, 0.15) is 37.5 Å². The van der Waals surface area contributed by atoms with Crippen molar-refractivity contribution >= 4 is 0 Å². The van der Waals surface area contributed by atoms with Crippen molar-refractivity contribution in [2.24, 2.45) is 0 Å². The maximum absolute atomic E-state index is 3.21. The Morgan fingerprint density at radius 2 is 1.75 bits per heavy atom. The van der Waals surface area contributed by atoms with Crippen LogP contribution in [0.3, 0.4) is 0 Å². The Balaban J connectivity index is 3.23. The highest BCUT2D eigenvalue weighted by Crippen LogP contribution is 2.25. The lowest BCUT2D eigenvalue weighted by Gasteiger charge is -2.21. The molecule has 0 aliphatic rings. The van der Waals surface area contributed by atoms with Gasteiger partial charge in [0.1, 0.15) is 0 Å². The van der Waals surface area contributed by atoms with Crippen LogP contribution in [-0.2, 0) is 5.41 Å². The molecular formula is C12H17. The highest BCUT2D eigenvalue weighted by molar-refractivity contribution is 5.34. The van der Waals surface area contributed by atoms with Crippen LogP contribution in [0.5, 0.6) is 0 Å². The molecule has 0 aliphatic heterocycles. The van der Waals surface area contributed by atoms with Gasteiger partial charge in [0.15, 0.2) is 0 Å². The zero-order valence-corrected chi connectivity index (χ0v) is 8.65. The Morgan fingerprint density at radius 3 is 2.17 bits per heavy atom. The molecule has 0 N–H and O–H groups in total. The zero-order valence-electron chi connectivity index (χ0n) is 8.65. The third-order valence-corrected chi connectivity index (χ3v) is 2.11. The Labute approximate surface area is 75.6 Å². The van der Waals surface area contributed by atoms with Crippen LogP contribution in [-0.4, -0.2) is 0 Å². The Hall–Kier alpha value is -0.780. The topological polar surface area (TPSA) is 0 Å². The predicted octanol–water partition coefficient (Wildman–Crippen LogP) is 3.40. The van der Waals surface area contributed by atoms with E-state index in [1.807, 2.05) is 0 Å². The summed E-state index contributed by atoms with van der Waals surface area (Å²) in [5.74, 6) is 0. The summed E-state index contributed by atoms with van der Waals surface area (Å²) in [4.78, 5) is 0. The molecule has 0 atom stereocenters. The third kappa shape index (κ3) is 1.88. The van der Waals surface area contributed by atoms with Crippen LogP contribution in [0.25, 0.3) is 0 Å². The highest BCUT2D eigenvalue weighted by atomic mass is 14.2. The van der Waals surface area contributed by atoms with E-state index in [1.54, 1.807) is 0 Å². The first-order valence-electron chi connectivity index (χ1n) is 4.40. The summed E-state index contributed by atoms with van der Waals surface area (Å²) in [6.07, 6.45) is 0. The van der Waals surface area contributed by atoms with Gasteiger partial charge in [-0.25, -0.2) is 0 Å². The molecule has 0 aliphatic carbocycles. The van der Waals surface area contributed by atoms with Crippen LogP contribution < -0.4 is 0 Å². The van der Waals surface area contributed by atoms with E-state index in [9.17, 15) is 0 Å². The molecule has 0 aromatic heterocycles. The van der Waals surface area contributed by atoms with E-state index in [-0.39, 0.29) is 5.41 Å². The van der Waals surface area contributed by atoms with Crippen molar-refractivity contribution in [3.05, 3.63) is 34.9 Å². The van der Waals surface area contributed by atoms with Crippen LogP contribution in [0.2, 0.25) is 0 Å². The first-order chi connectivity index (χ1) is 5.41. The van der Waals surface area contributed by atoms with Gasteiger partial charge in [-0.1, -0.05) is 32.9 Å². The largest absolute Gasteiger partial charge is 0.0561 e. The van der Waals surface area contributed by atoms with Crippen molar-refractivity contribution in [1.29, 1.82) is 0 Å². The molecule has 0 bridgehead atoms. The lowest BCUT2D eigenvalue weighted by atomic mass is 9.83. The van der Waals surface area contributed by atoms with Gasteiger partial charge in [-0.3, -0.25) is 0 Å². The van der Waals surface area contributed by atoms with Gasteiger partial charge in [-0.2, -0.15) is 0 Å². The average Bonchev–Trinajstić information content (AvgIpc) is 1.92. The standard InChI is InChI=1S/C12H17/c1-9-6-7-10(2)11(8-9)12(3,4)5/h7-8H,1-5H3. The Bertz CT molecular complexity index is 277. The third-order valence-electron chi connectivity index (χ3n) is 2.11. The fourth-order valence-corrected chi connectivity index (χ4v) is 1.48. The molecule has 0 nitrogen and oxygen atoms in total. The maximum atomic E-state index is 3.21. The summed E-state index contributed by atoms with van der Waals surface area (Å²) in [7, 11) is 0. The molecule has 0 amide bonds. The van der Waals surface area contributed by atoms with Gasteiger partial charge in [-0.15, -0.1) is 0 Å². The quantitative estimate of drug-likeness (QED) is 0.547. The van der Waals surface area contributed by atoms with Gasteiger partial charge in [-0.05, 0) is 42.0 Å². The smallest absolute Gasteiger partial charge is 0.0129 e. The molecule has 0 heteroatoms. The van der Waals surface area contributed by atoms with Gasteiger partial charge < -0.3 is 0 Å². The number of benzene rings is 1. The zero-order chi connectivity index (χ0) is 9.35. The van der Waals surface area contributed by atoms with E-state index < -0.39 is 0 Å². The minimum absolute atomic E-state index is 0.254. The summed E-state index contributed by atoms with van der Waals surface area (Å²) in [5.41, 5.74) is 4.25. The second-order valence-electron chi connectivity index (χ2n) is 4.46. The van der Waals surface area contributed by atoms with E-state index in [2.05, 4.69) is 52.8 Å². The molecule has 65 valence electrons. The molecule has 1 aromatic carbocycles. The van der Waals surface area contributed by atoms with Gasteiger partial charge in [0.05, 0.1) is 0 Å². The van der Waals surface area contributed by atoms with Crippen LogP contribution >= 0.6 is 0 Å². The van der Waals surface area contributed by atoms with Crippen molar-refractivity contribution in [1.82, 2.24) is 0 Å². The second-order valence-corrected chi connectivity index (χ2v) is 4.46. The first kappa shape index (κ1) is 9.31. The van der Waals surface area contributed by atoms with Crippen molar-refractivity contribution in [3.8, 4) is 0 Å². The average molecular weight is 161 g/mol. The lowest BCUT2D eigenvalue weighted by molar-refractivity contribution is 0.585. The minimum atomic E-state index is 0.254. The lowest BCUT2D eigenvalue weighted by Crippen LogP contribution is -2.13. The molecule has 0 saturated carbocycles. The maximum Gasteiger partial charge on any atom is -0.0129 e. The van der Waals surface area contributed by atoms with Crippen molar-refractivity contribution < 1.29 is 0 Å². The predicted molar refractivity (Wildman–Crippen MR) is 53.5 cm³/mol. The monoisotopic (exact) mass is 161 g/mol. The van der Waals surface area contributed by atoms with Gasteiger partial charge in [0.2, 0.25) is 0 Å². The number of hydrogen-bond acceptors (Lipinski definition) is 0. The van der Waals surface area contributed by atoms with Gasteiger partial charge in [0, 0.05) is 0 Å². The molecule has 1 aromatic rings. The summed E-state index contributed by atoms with van der Waals surface area (Å²) >= 11 is 0. The van der Waals surface area contributed by atoms with Crippen molar-refractivity contribution in [2.45, 2.75) is 40.0 Å². The van der Waals surface area contributed by atoms with Crippen LogP contribution in [0.4, 0.5) is 0 Å². The first-order valence-corrected chi connectivity index (χ1v) is 4.40. The summed E-state index contributed by atoms with van der Waals surface area (Å²) in [6.45, 7) is 11.0. The second kappa shape index (κ2) is 2.93. The fourth-order valence-electron chi connectivity index (χ4n) is 1.48. The summed E-state index contributed by atoms with van der Waals surface area (Å²) < 4.78 is 0. The van der Waals surface area contributed by atoms with E-state index in [1.165, 1.54) is 16.7 Å². The minimum Gasteiger partial charge on any atom is -0.0561 e. The van der Waals surface area contributed by atoms with Gasteiger partial charge in [0.25, 0.3) is 0 Å². The molecule has 1 radical (unpaired) electrons. The van der Waals surface area contributed by atoms with Crippen LogP contribution in [0.15, 0.2) is 12.1 Å². The van der Waals surface area contributed by atoms with Crippen molar-refractivity contribution in [3.63, 3.8) is 0 Å². The van der Waals surface area contributed by atoms with E-state index in [4.69, 9.17) is 0 Å². The molecule has 0 unspecified atom stereocenters. The molecule has 1 rings (SSSR count). The number of aryl methyl sites for hydroxylation is 2.